The smallest absolute Gasteiger partial charge is 0.251 e. The molecule has 1 N–H and O–H groups in total. The van der Waals surface area contributed by atoms with Gasteiger partial charge in [-0.05, 0) is 24.3 Å². The Morgan fingerprint density at radius 1 is 1.24 bits per heavy atom. The molecular weight excluding hydrogens is 220 g/mol. The Kier molecular flexibility index (Phi) is 4.51. The van der Waals surface area contributed by atoms with Gasteiger partial charge in [0.2, 0.25) is 5.91 Å². The zero-order chi connectivity index (χ0) is 12.8. The van der Waals surface area contributed by atoms with Crippen molar-refractivity contribution in [1.29, 1.82) is 0 Å². The van der Waals surface area contributed by atoms with Gasteiger partial charge in [0.25, 0.3) is 5.91 Å². The number of nitrogens with zero attached hydrogens (tertiary/aromatic N) is 1. The van der Waals surface area contributed by atoms with Crippen molar-refractivity contribution in [1.82, 2.24) is 10.2 Å². The van der Waals surface area contributed by atoms with Gasteiger partial charge in [0.05, 0.1) is 13.7 Å². The molecule has 1 rings (SSSR count). The maximum Gasteiger partial charge on any atom is 0.251 e. The van der Waals surface area contributed by atoms with E-state index in [1.54, 1.807) is 45.5 Å². The van der Waals surface area contributed by atoms with Gasteiger partial charge in [-0.25, -0.2) is 0 Å². The molecule has 0 aliphatic rings. The molecule has 5 heteroatoms. The lowest BCUT2D eigenvalue weighted by atomic mass is 10.2. The first-order valence-electron chi connectivity index (χ1n) is 5.17. The average Bonchev–Trinajstić information content (AvgIpc) is 2.35. The standard InChI is InChI=1S/C12H16N2O3/c1-14(2)11(15)8-13-12(16)9-4-6-10(17-3)7-5-9/h4-7H,8H2,1-3H3,(H,13,16). The highest BCUT2D eigenvalue weighted by molar-refractivity contribution is 5.96. The summed E-state index contributed by atoms with van der Waals surface area (Å²) < 4.78 is 4.99. The molecule has 2 amide bonds. The molecule has 0 heterocycles. The maximum absolute atomic E-state index is 11.6. The third-order valence-electron chi connectivity index (χ3n) is 2.25. The molecule has 0 saturated carbocycles. The number of amides is 2. The topological polar surface area (TPSA) is 58.6 Å². The van der Waals surface area contributed by atoms with Crippen molar-refractivity contribution in [3.05, 3.63) is 29.8 Å². The van der Waals surface area contributed by atoms with Crippen LogP contribution in [0.5, 0.6) is 5.75 Å². The Labute approximate surface area is 100 Å². The maximum atomic E-state index is 11.6. The van der Waals surface area contributed by atoms with Crippen LogP contribution in [0.15, 0.2) is 24.3 Å². The number of likely N-dealkylation sites (N-methyl/N-ethyl adjacent to an activating group) is 1. The average molecular weight is 236 g/mol. The van der Waals surface area contributed by atoms with Crippen LogP contribution in [-0.4, -0.2) is 44.5 Å². The van der Waals surface area contributed by atoms with E-state index in [4.69, 9.17) is 4.74 Å². The van der Waals surface area contributed by atoms with Crippen LogP contribution in [0.2, 0.25) is 0 Å². The molecule has 0 aliphatic carbocycles. The van der Waals surface area contributed by atoms with Gasteiger partial charge in [-0.1, -0.05) is 0 Å². The molecular formula is C12H16N2O3. The van der Waals surface area contributed by atoms with Gasteiger partial charge in [0, 0.05) is 19.7 Å². The summed E-state index contributed by atoms with van der Waals surface area (Å²) in [6.45, 7) is -0.00212. The second-order valence-electron chi connectivity index (χ2n) is 3.70. The van der Waals surface area contributed by atoms with Gasteiger partial charge < -0.3 is 15.0 Å². The van der Waals surface area contributed by atoms with E-state index >= 15 is 0 Å². The summed E-state index contributed by atoms with van der Waals surface area (Å²) in [6, 6.07) is 6.69. The number of carbonyl (C=O) groups excluding carboxylic acids is 2. The van der Waals surface area contributed by atoms with Crippen molar-refractivity contribution < 1.29 is 14.3 Å². The molecule has 17 heavy (non-hydrogen) atoms. The van der Waals surface area contributed by atoms with Gasteiger partial charge in [-0.15, -0.1) is 0 Å². The van der Waals surface area contributed by atoms with Crippen molar-refractivity contribution in [3.8, 4) is 5.75 Å². The second kappa shape index (κ2) is 5.89. The summed E-state index contributed by atoms with van der Waals surface area (Å²) in [5.41, 5.74) is 0.498. The second-order valence-corrected chi connectivity index (χ2v) is 3.70. The third kappa shape index (κ3) is 3.79. The first-order valence-corrected chi connectivity index (χ1v) is 5.17. The molecule has 0 saturated heterocycles. The minimum absolute atomic E-state index is 0.00212. The van der Waals surface area contributed by atoms with Crippen LogP contribution in [-0.2, 0) is 4.79 Å². The molecule has 1 aromatic rings. The lowest BCUT2D eigenvalue weighted by Crippen LogP contribution is -2.36. The van der Waals surface area contributed by atoms with Crippen molar-refractivity contribution in [2.24, 2.45) is 0 Å². The highest BCUT2D eigenvalue weighted by atomic mass is 16.5. The number of nitrogens with one attached hydrogen (secondary N) is 1. The van der Waals surface area contributed by atoms with E-state index in [-0.39, 0.29) is 18.4 Å². The number of methoxy groups -OCH3 is 1. The van der Waals surface area contributed by atoms with E-state index in [0.717, 1.165) is 0 Å². The summed E-state index contributed by atoms with van der Waals surface area (Å²) in [7, 11) is 4.84. The van der Waals surface area contributed by atoms with Gasteiger partial charge in [-0.2, -0.15) is 0 Å². The minimum Gasteiger partial charge on any atom is -0.497 e. The fraction of sp³-hybridized carbons (Fsp3) is 0.333. The molecule has 1 aromatic carbocycles. The Hall–Kier alpha value is -2.04. The van der Waals surface area contributed by atoms with Crippen molar-refractivity contribution >= 4 is 11.8 Å². The van der Waals surface area contributed by atoms with Crippen LogP contribution in [0.1, 0.15) is 10.4 Å². The first kappa shape index (κ1) is 13.0. The molecule has 0 radical (unpaired) electrons. The quantitative estimate of drug-likeness (QED) is 0.828. The molecule has 0 aromatic heterocycles. The molecule has 5 nitrogen and oxygen atoms in total. The number of rotatable bonds is 4. The number of hydrogen-bond donors (Lipinski definition) is 1. The molecule has 0 aliphatic heterocycles. The summed E-state index contributed by atoms with van der Waals surface area (Å²) in [6.07, 6.45) is 0. The number of ether oxygens (including phenoxy) is 1. The highest BCUT2D eigenvalue weighted by Gasteiger charge is 2.08. The number of benzene rings is 1. The predicted molar refractivity (Wildman–Crippen MR) is 64.0 cm³/mol. The molecule has 0 spiro atoms. The van der Waals surface area contributed by atoms with Crippen LogP contribution in [0.4, 0.5) is 0 Å². The molecule has 92 valence electrons. The van der Waals surface area contributed by atoms with E-state index in [1.165, 1.54) is 4.90 Å². The van der Waals surface area contributed by atoms with Crippen LogP contribution >= 0.6 is 0 Å². The van der Waals surface area contributed by atoms with E-state index in [0.29, 0.717) is 11.3 Å². The lowest BCUT2D eigenvalue weighted by molar-refractivity contribution is -0.127. The monoisotopic (exact) mass is 236 g/mol. The molecule has 0 bridgehead atoms. The van der Waals surface area contributed by atoms with Crippen molar-refractivity contribution in [2.75, 3.05) is 27.7 Å². The normalized spacial score (nSPS) is 9.59. The molecule has 0 fully saturated rings. The largest absolute Gasteiger partial charge is 0.497 e. The number of hydrogen-bond acceptors (Lipinski definition) is 3. The van der Waals surface area contributed by atoms with Crippen LogP contribution in [0.3, 0.4) is 0 Å². The van der Waals surface area contributed by atoms with E-state index in [1.807, 2.05) is 0 Å². The minimum atomic E-state index is -0.275. The van der Waals surface area contributed by atoms with Crippen LogP contribution < -0.4 is 10.1 Å². The SMILES string of the molecule is COc1ccc(C(=O)NCC(=O)N(C)C)cc1. The Balaban J connectivity index is 2.55. The Morgan fingerprint density at radius 3 is 2.29 bits per heavy atom. The summed E-state index contributed by atoms with van der Waals surface area (Å²) in [4.78, 5) is 24.3. The van der Waals surface area contributed by atoms with Crippen LogP contribution in [0.25, 0.3) is 0 Å². The summed E-state index contributed by atoms with van der Waals surface area (Å²) in [5, 5.41) is 2.55. The van der Waals surface area contributed by atoms with Crippen molar-refractivity contribution in [2.45, 2.75) is 0 Å². The van der Waals surface area contributed by atoms with Gasteiger partial charge in [0.1, 0.15) is 5.75 Å². The first-order chi connectivity index (χ1) is 8.04. The third-order valence-corrected chi connectivity index (χ3v) is 2.25. The van der Waals surface area contributed by atoms with Gasteiger partial charge in [-0.3, -0.25) is 9.59 Å². The molecule has 0 unspecified atom stereocenters. The van der Waals surface area contributed by atoms with Gasteiger partial charge in [0.15, 0.2) is 0 Å². The molecule has 0 atom stereocenters. The predicted octanol–water partition coefficient (Wildman–Crippen LogP) is 0.513. The lowest BCUT2D eigenvalue weighted by Gasteiger charge is -2.11. The van der Waals surface area contributed by atoms with Crippen molar-refractivity contribution in [3.63, 3.8) is 0 Å². The Morgan fingerprint density at radius 2 is 1.82 bits per heavy atom. The number of carbonyl (C=O) groups is 2. The zero-order valence-corrected chi connectivity index (χ0v) is 10.2. The van der Waals surface area contributed by atoms with E-state index in [9.17, 15) is 9.59 Å². The van der Waals surface area contributed by atoms with E-state index in [2.05, 4.69) is 5.32 Å². The van der Waals surface area contributed by atoms with Crippen LogP contribution in [0, 0.1) is 0 Å². The van der Waals surface area contributed by atoms with Gasteiger partial charge >= 0.3 is 0 Å². The Bertz CT molecular complexity index is 399. The highest BCUT2D eigenvalue weighted by Crippen LogP contribution is 2.10. The fourth-order valence-corrected chi connectivity index (χ4v) is 1.16. The fourth-order valence-electron chi connectivity index (χ4n) is 1.16. The zero-order valence-electron chi connectivity index (χ0n) is 10.2. The summed E-state index contributed by atoms with van der Waals surface area (Å²) in [5.74, 6) is 0.264. The van der Waals surface area contributed by atoms with E-state index < -0.39 is 0 Å². The summed E-state index contributed by atoms with van der Waals surface area (Å²) >= 11 is 0.